The van der Waals surface area contributed by atoms with Crippen LogP contribution in [0.4, 0.5) is 17.2 Å². The molecule has 1 aromatic heterocycles. The lowest BCUT2D eigenvalue weighted by Gasteiger charge is -2.37. The Kier molecular flexibility index (Phi) is 8.72. The van der Waals surface area contributed by atoms with E-state index in [1.165, 1.54) is 23.8 Å². The first kappa shape index (κ1) is 29.2. The summed E-state index contributed by atoms with van der Waals surface area (Å²) in [6.07, 6.45) is 4.24. The van der Waals surface area contributed by atoms with E-state index in [1.807, 2.05) is 12.3 Å². The smallest absolute Gasteiger partial charge is 0.266 e. The van der Waals surface area contributed by atoms with E-state index in [-0.39, 0.29) is 27.0 Å². The summed E-state index contributed by atoms with van der Waals surface area (Å²) in [5.74, 6) is 0.423. The third kappa shape index (κ3) is 6.29. The molecule has 0 radical (unpaired) electrons. The number of sulfonamides is 1. The Labute approximate surface area is 249 Å². The first-order valence-corrected chi connectivity index (χ1v) is 15.7. The maximum absolute atomic E-state index is 13.9. The number of hydrogen-bond donors (Lipinski definition) is 2. The molecular formula is C29H31Cl2N5O4S. The Hall–Kier alpha value is -3.34. The number of aryl methyl sites for hydroxylation is 1. The van der Waals surface area contributed by atoms with Gasteiger partial charge in [0.05, 0.1) is 27.8 Å². The van der Waals surface area contributed by atoms with Crippen LogP contribution in [-0.4, -0.2) is 50.9 Å². The van der Waals surface area contributed by atoms with Gasteiger partial charge in [0.1, 0.15) is 16.8 Å². The summed E-state index contributed by atoms with van der Waals surface area (Å²) >= 11 is 12.4. The molecule has 2 aromatic carbocycles. The van der Waals surface area contributed by atoms with E-state index in [9.17, 15) is 18.0 Å². The van der Waals surface area contributed by atoms with Crippen LogP contribution in [-0.2, 0) is 19.6 Å². The zero-order valence-corrected chi connectivity index (χ0v) is 24.8. The number of para-hydroxylation sites is 2. The Morgan fingerprint density at radius 3 is 2.61 bits per heavy atom. The van der Waals surface area contributed by atoms with Gasteiger partial charge in [0.2, 0.25) is 11.8 Å². The summed E-state index contributed by atoms with van der Waals surface area (Å²) < 4.78 is 28.8. The molecule has 2 aliphatic rings. The minimum Gasteiger partial charge on any atom is -0.357 e. The van der Waals surface area contributed by atoms with E-state index in [0.717, 1.165) is 42.5 Å². The molecule has 3 heterocycles. The number of halogens is 2. The van der Waals surface area contributed by atoms with E-state index in [4.69, 9.17) is 23.2 Å². The first-order valence-electron chi connectivity index (χ1n) is 13.5. The van der Waals surface area contributed by atoms with Crippen LogP contribution in [0.3, 0.4) is 0 Å². The van der Waals surface area contributed by atoms with Gasteiger partial charge in [-0.1, -0.05) is 41.4 Å². The number of fused-ring (bicyclic) bond motifs is 1. The number of nitrogens with one attached hydrogen (secondary N) is 2. The second kappa shape index (κ2) is 12.3. The number of nitrogens with zero attached hydrogens (tertiary/aromatic N) is 3. The number of anilines is 3. The third-order valence-corrected chi connectivity index (χ3v) is 10.3. The van der Waals surface area contributed by atoms with E-state index in [2.05, 4.69) is 33.5 Å². The highest BCUT2D eigenvalue weighted by Gasteiger charge is 2.42. The van der Waals surface area contributed by atoms with Gasteiger partial charge in [-0.15, -0.1) is 0 Å². The summed E-state index contributed by atoms with van der Waals surface area (Å²) in [5.41, 5.74) is 1.75. The summed E-state index contributed by atoms with van der Waals surface area (Å²) in [7, 11) is -4.36. The van der Waals surface area contributed by atoms with E-state index < -0.39 is 27.9 Å². The number of rotatable bonds is 8. The highest BCUT2D eigenvalue weighted by Crippen LogP contribution is 2.40. The molecule has 12 heteroatoms. The average Bonchev–Trinajstić information content (AvgIpc) is 2.95. The van der Waals surface area contributed by atoms with Gasteiger partial charge in [-0.2, -0.15) is 0 Å². The second-order valence-corrected chi connectivity index (χ2v) is 12.9. The lowest BCUT2D eigenvalue weighted by molar-refractivity contribution is -0.125. The predicted octanol–water partition coefficient (Wildman–Crippen LogP) is 5.03. The lowest BCUT2D eigenvalue weighted by atomic mass is 9.93. The Morgan fingerprint density at radius 1 is 1.10 bits per heavy atom. The van der Waals surface area contributed by atoms with Crippen molar-refractivity contribution in [3.8, 4) is 0 Å². The van der Waals surface area contributed by atoms with Crippen LogP contribution in [0, 0.1) is 12.8 Å². The lowest BCUT2D eigenvalue weighted by Crippen LogP contribution is -2.52. The van der Waals surface area contributed by atoms with Gasteiger partial charge in [0.15, 0.2) is 0 Å². The van der Waals surface area contributed by atoms with Crippen LogP contribution in [0.2, 0.25) is 10.0 Å². The summed E-state index contributed by atoms with van der Waals surface area (Å²) in [5, 5.41) is 5.54. The van der Waals surface area contributed by atoms with Crippen LogP contribution >= 0.6 is 23.2 Å². The maximum atomic E-state index is 13.9. The van der Waals surface area contributed by atoms with Crippen LogP contribution in [0.15, 0.2) is 65.7 Å². The number of aromatic nitrogens is 1. The zero-order chi connectivity index (χ0) is 29.1. The van der Waals surface area contributed by atoms with Crippen LogP contribution in [0.1, 0.15) is 31.2 Å². The van der Waals surface area contributed by atoms with Crippen LogP contribution in [0.25, 0.3) is 0 Å². The van der Waals surface area contributed by atoms with E-state index >= 15 is 0 Å². The van der Waals surface area contributed by atoms with Gasteiger partial charge in [-0.25, -0.2) is 13.4 Å². The average molecular weight is 617 g/mol. The molecule has 2 amide bonds. The molecule has 41 heavy (non-hydrogen) atoms. The van der Waals surface area contributed by atoms with E-state index in [1.54, 1.807) is 24.3 Å². The van der Waals surface area contributed by atoms with Gasteiger partial charge < -0.3 is 15.5 Å². The molecule has 3 aromatic rings. The van der Waals surface area contributed by atoms with Gasteiger partial charge in [-0.05, 0) is 74.1 Å². The highest BCUT2D eigenvalue weighted by molar-refractivity contribution is 7.93. The van der Waals surface area contributed by atoms with E-state index in [0.29, 0.717) is 18.2 Å². The molecule has 0 bridgehead atoms. The van der Waals surface area contributed by atoms with Gasteiger partial charge in [0, 0.05) is 25.8 Å². The van der Waals surface area contributed by atoms with Crippen LogP contribution < -0.4 is 19.8 Å². The van der Waals surface area contributed by atoms with Crippen molar-refractivity contribution < 1.29 is 18.0 Å². The molecular weight excluding hydrogens is 585 g/mol. The van der Waals surface area contributed by atoms with Crippen molar-refractivity contribution in [1.82, 2.24) is 10.3 Å². The molecule has 1 atom stereocenters. The highest BCUT2D eigenvalue weighted by atomic mass is 35.5. The van der Waals surface area contributed by atoms with Gasteiger partial charge in [-0.3, -0.25) is 13.9 Å². The minimum atomic E-state index is -4.36. The molecule has 0 aliphatic carbocycles. The minimum absolute atomic E-state index is 0.0674. The molecule has 9 nitrogen and oxygen atoms in total. The summed E-state index contributed by atoms with van der Waals surface area (Å²) in [6.45, 7) is 4.28. The van der Waals surface area contributed by atoms with Crippen molar-refractivity contribution in [2.75, 3.05) is 34.2 Å². The SMILES string of the molecule is Cc1ccnc(N2CCC(CCNC(=O)C[C@@H]3C(=O)Nc4ccccc4N3S(=O)(=O)c3cccc(Cl)c3Cl)CC2)c1. The molecule has 0 saturated carbocycles. The quantitative estimate of drug-likeness (QED) is 0.368. The van der Waals surface area contributed by atoms with Crippen molar-refractivity contribution in [1.29, 1.82) is 0 Å². The first-order chi connectivity index (χ1) is 19.6. The summed E-state index contributed by atoms with van der Waals surface area (Å²) in [6, 6.07) is 13.6. The normalized spacial score (nSPS) is 17.6. The Morgan fingerprint density at radius 2 is 1.85 bits per heavy atom. The largest absolute Gasteiger partial charge is 0.357 e. The molecule has 5 rings (SSSR count). The maximum Gasteiger partial charge on any atom is 0.266 e. The number of benzene rings is 2. The number of amides is 2. The fraction of sp³-hybridized carbons (Fsp3) is 0.345. The van der Waals surface area contributed by atoms with Crippen molar-refractivity contribution in [2.45, 2.75) is 43.5 Å². The zero-order valence-electron chi connectivity index (χ0n) is 22.5. The number of carbonyl (C=O) groups excluding carboxylic acids is 2. The third-order valence-electron chi connectivity index (χ3n) is 7.53. The molecule has 1 saturated heterocycles. The van der Waals surface area contributed by atoms with Gasteiger partial charge in [0.25, 0.3) is 10.0 Å². The van der Waals surface area contributed by atoms with Crippen molar-refractivity contribution in [3.63, 3.8) is 0 Å². The number of pyridine rings is 1. The van der Waals surface area contributed by atoms with Crippen molar-refractivity contribution >= 4 is 62.2 Å². The number of hydrogen-bond acceptors (Lipinski definition) is 6. The fourth-order valence-corrected chi connectivity index (χ4v) is 7.70. The molecule has 216 valence electrons. The molecule has 2 aliphatic heterocycles. The fourth-order valence-electron chi connectivity index (χ4n) is 5.33. The van der Waals surface area contributed by atoms with Crippen LogP contribution in [0.5, 0.6) is 0 Å². The number of piperidine rings is 1. The summed E-state index contributed by atoms with van der Waals surface area (Å²) in [4.78, 5) is 32.7. The standard InChI is InChI=1S/C29H31Cl2N5O4S/c1-19-9-13-32-26(17-19)35-15-11-20(12-16-35)10-14-33-27(37)18-24-29(38)34-22-6-2-3-7-23(22)36(24)41(39,40)25-8-4-5-21(30)28(25)31/h2-9,13,17,20,24H,10-12,14-16,18H2,1H3,(H,33,37)(H,34,38)/t24-/m1/s1. The molecule has 0 unspecified atom stereocenters. The van der Waals surface area contributed by atoms with Crippen molar-refractivity contribution in [2.24, 2.45) is 5.92 Å². The van der Waals surface area contributed by atoms with Crippen molar-refractivity contribution in [3.05, 3.63) is 76.4 Å². The van der Waals surface area contributed by atoms with Gasteiger partial charge >= 0.3 is 0 Å². The second-order valence-electron chi connectivity index (χ2n) is 10.3. The molecule has 1 fully saturated rings. The topological polar surface area (TPSA) is 112 Å². The Bertz CT molecular complexity index is 1560. The predicted molar refractivity (Wildman–Crippen MR) is 161 cm³/mol. The number of carbonyl (C=O) groups is 2. The molecule has 0 spiro atoms. The molecule has 2 N–H and O–H groups in total. The monoisotopic (exact) mass is 615 g/mol. The Balaban J connectivity index is 1.24.